The largest absolute Gasteiger partial charge is 0.481 e. The molecule has 1 aromatic heterocycles. The molecular weight excluding hydrogens is 433 g/mol. The number of rotatable bonds is 11. The number of guanidine groups is 1. The van der Waals surface area contributed by atoms with Gasteiger partial charge in [0.25, 0.3) is 0 Å². The molecule has 25 heavy (non-hydrogen) atoms. The first-order chi connectivity index (χ1) is 11.7. The van der Waals surface area contributed by atoms with Crippen LogP contribution in [-0.2, 0) is 11.3 Å². The summed E-state index contributed by atoms with van der Waals surface area (Å²) in [7, 11) is 5.47. The van der Waals surface area contributed by atoms with E-state index in [9.17, 15) is 0 Å². The van der Waals surface area contributed by atoms with Gasteiger partial charge in [0, 0.05) is 51.7 Å². The molecule has 7 nitrogen and oxygen atoms in total. The van der Waals surface area contributed by atoms with Gasteiger partial charge in [-0.1, -0.05) is 6.07 Å². The van der Waals surface area contributed by atoms with Crippen LogP contribution in [0.3, 0.4) is 0 Å². The molecule has 0 saturated heterocycles. The lowest BCUT2D eigenvalue weighted by Crippen LogP contribution is -2.41. The van der Waals surface area contributed by atoms with E-state index in [0.29, 0.717) is 12.4 Å². The van der Waals surface area contributed by atoms with Gasteiger partial charge in [-0.15, -0.1) is 24.0 Å². The topological polar surface area (TPSA) is 71.0 Å². The Morgan fingerprint density at radius 3 is 2.76 bits per heavy atom. The highest BCUT2D eigenvalue weighted by Crippen LogP contribution is 2.14. The maximum atomic E-state index is 5.26. The van der Waals surface area contributed by atoms with E-state index in [4.69, 9.17) is 9.47 Å². The van der Waals surface area contributed by atoms with Gasteiger partial charge in [0.1, 0.15) is 0 Å². The van der Waals surface area contributed by atoms with Crippen LogP contribution in [0.2, 0.25) is 0 Å². The van der Waals surface area contributed by atoms with E-state index in [0.717, 1.165) is 50.7 Å². The quantitative estimate of drug-likeness (QED) is 0.225. The maximum Gasteiger partial charge on any atom is 0.218 e. The SMILES string of the molecule is CCNC(=NCc1cccnc1OC)NCCN(C)CCCOC.I. The third-order valence-corrected chi connectivity index (χ3v) is 3.47. The molecule has 1 rings (SSSR count). The average Bonchev–Trinajstić information content (AvgIpc) is 2.60. The smallest absolute Gasteiger partial charge is 0.218 e. The van der Waals surface area contributed by atoms with Crippen LogP contribution in [0, 0.1) is 0 Å². The van der Waals surface area contributed by atoms with E-state index >= 15 is 0 Å². The monoisotopic (exact) mass is 465 g/mol. The molecular formula is C17H32IN5O2. The number of aromatic nitrogens is 1. The minimum atomic E-state index is 0. The molecule has 144 valence electrons. The van der Waals surface area contributed by atoms with Crippen LogP contribution in [0.15, 0.2) is 23.3 Å². The van der Waals surface area contributed by atoms with Crippen LogP contribution < -0.4 is 15.4 Å². The fourth-order valence-corrected chi connectivity index (χ4v) is 2.19. The number of hydrogen-bond donors (Lipinski definition) is 2. The van der Waals surface area contributed by atoms with E-state index in [-0.39, 0.29) is 24.0 Å². The van der Waals surface area contributed by atoms with Gasteiger partial charge in [-0.2, -0.15) is 0 Å². The summed E-state index contributed by atoms with van der Waals surface area (Å²) in [6.45, 7) is 7.00. The van der Waals surface area contributed by atoms with Gasteiger partial charge in [0.15, 0.2) is 5.96 Å². The molecule has 0 unspecified atom stereocenters. The van der Waals surface area contributed by atoms with Crippen molar-refractivity contribution < 1.29 is 9.47 Å². The fourth-order valence-electron chi connectivity index (χ4n) is 2.19. The molecule has 0 aliphatic carbocycles. The second kappa shape index (κ2) is 15.2. The molecule has 0 saturated carbocycles. The van der Waals surface area contributed by atoms with Gasteiger partial charge in [-0.05, 0) is 26.5 Å². The van der Waals surface area contributed by atoms with Gasteiger partial charge in [-0.25, -0.2) is 9.98 Å². The molecule has 0 fully saturated rings. The van der Waals surface area contributed by atoms with Gasteiger partial charge < -0.3 is 25.0 Å². The molecule has 0 aliphatic heterocycles. The first-order valence-electron chi connectivity index (χ1n) is 8.38. The first kappa shape index (κ1) is 23.9. The summed E-state index contributed by atoms with van der Waals surface area (Å²) >= 11 is 0. The lowest BCUT2D eigenvalue weighted by molar-refractivity contribution is 0.180. The van der Waals surface area contributed by atoms with Gasteiger partial charge >= 0.3 is 0 Å². The molecule has 0 aliphatic rings. The van der Waals surface area contributed by atoms with Crippen molar-refractivity contribution in [3.05, 3.63) is 23.9 Å². The Bertz CT molecular complexity index is 488. The number of aliphatic imine (C=N–C) groups is 1. The normalized spacial score (nSPS) is 11.2. The number of likely N-dealkylation sites (N-methyl/N-ethyl adjacent to an activating group) is 1. The van der Waals surface area contributed by atoms with Crippen LogP contribution in [0.1, 0.15) is 18.9 Å². The lowest BCUT2D eigenvalue weighted by atomic mass is 10.3. The van der Waals surface area contributed by atoms with E-state index in [1.165, 1.54) is 0 Å². The average molecular weight is 465 g/mol. The third-order valence-electron chi connectivity index (χ3n) is 3.47. The summed E-state index contributed by atoms with van der Waals surface area (Å²) in [5.74, 6) is 1.42. The van der Waals surface area contributed by atoms with Gasteiger partial charge in [0.05, 0.1) is 13.7 Å². The van der Waals surface area contributed by atoms with Crippen LogP contribution >= 0.6 is 24.0 Å². The molecule has 0 radical (unpaired) electrons. The second-order valence-corrected chi connectivity index (χ2v) is 5.44. The minimum absolute atomic E-state index is 0. The molecule has 1 heterocycles. The van der Waals surface area contributed by atoms with Crippen LogP contribution in [-0.4, -0.2) is 69.9 Å². The maximum absolute atomic E-state index is 5.26. The van der Waals surface area contributed by atoms with Crippen molar-refractivity contribution in [1.82, 2.24) is 20.5 Å². The van der Waals surface area contributed by atoms with E-state index < -0.39 is 0 Å². The van der Waals surface area contributed by atoms with E-state index in [1.54, 1.807) is 20.4 Å². The van der Waals surface area contributed by atoms with Crippen molar-refractivity contribution >= 4 is 29.9 Å². The number of methoxy groups -OCH3 is 2. The fraction of sp³-hybridized carbons (Fsp3) is 0.647. The Morgan fingerprint density at radius 2 is 2.08 bits per heavy atom. The van der Waals surface area contributed by atoms with Gasteiger partial charge in [-0.3, -0.25) is 0 Å². The second-order valence-electron chi connectivity index (χ2n) is 5.44. The van der Waals surface area contributed by atoms with E-state index in [2.05, 4.69) is 39.5 Å². The minimum Gasteiger partial charge on any atom is -0.481 e. The summed E-state index contributed by atoms with van der Waals surface area (Å²) in [5, 5.41) is 6.61. The summed E-state index contributed by atoms with van der Waals surface area (Å²) in [6.07, 6.45) is 2.76. The zero-order valence-corrected chi connectivity index (χ0v) is 18.1. The third kappa shape index (κ3) is 10.5. The number of halogens is 1. The van der Waals surface area contributed by atoms with Crippen molar-refractivity contribution in [2.75, 3.05) is 54.1 Å². The standard InChI is InChI=1S/C17H31N5O2.HI/c1-5-18-17(20-10-12-22(2)11-7-13-23-3)21-14-15-8-6-9-19-16(15)24-4;/h6,8-9H,5,7,10-14H2,1-4H3,(H2,18,20,21);1H. The first-order valence-corrected chi connectivity index (χ1v) is 8.38. The van der Waals surface area contributed by atoms with Crippen molar-refractivity contribution in [1.29, 1.82) is 0 Å². The van der Waals surface area contributed by atoms with Crippen LogP contribution in [0.4, 0.5) is 0 Å². The molecule has 0 bridgehead atoms. The molecule has 1 aromatic rings. The lowest BCUT2D eigenvalue weighted by Gasteiger charge is -2.18. The van der Waals surface area contributed by atoms with Crippen molar-refractivity contribution in [3.8, 4) is 5.88 Å². The predicted molar refractivity (Wildman–Crippen MR) is 113 cm³/mol. The highest BCUT2D eigenvalue weighted by Gasteiger charge is 2.04. The summed E-state index contributed by atoms with van der Waals surface area (Å²) in [4.78, 5) is 11.1. The Balaban J connectivity index is 0.00000576. The molecule has 0 amide bonds. The summed E-state index contributed by atoms with van der Waals surface area (Å²) in [6, 6.07) is 3.87. The van der Waals surface area contributed by atoms with E-state index in [1.807, 2.05) is 12.1 Å². The highest BCUT2D eigenvalue weighted by molar-refractivity contribution is 14.0. The number of hydrogen-bond acceptors (Lipinski definition) is 5. The molecule has 8 heteroatoms. The Labute approximate surface area is 168 Å². The Hall–Kier alpha value is -1.13. The zero-order valence-electron chi connectivity index (χ0n) is 15.7. The van der Waals surface area contributed by atoms with Crippen molar-refractivity contribution in [2.24, 2.45) is 4.99 Å². The number of pyridine rings is 1. The predicted octanol–water partition coefficient (Wildman–Crippen LogP) is 1.73. The number of ether oxygens (including phenoxy) is 2. The van der Waals surface area contributed by atoms with Crippen LogP contribution in [0.25, 0.3) is 0 Å². The molecule has 0 atom stereocenters. The Morgan fingerprint density at radius 1 is 1.28 bits per heavy atom. The van der Waals surface area contributed by atoms with Crippen LogP contribution in [0.5, 0.6) is 5.88 Å². The van der Waals surface area contributed by atoms with Crippen molar-refractivity contribution in [3.63, 3.8) is 0 Å². The summed E-state index contributed by atoms with van der Waals surface area (Å²) < 4.78 is 10.3. The van der Waals surface area contributed by atoms with Gasteiger partial charge in [0.2, 0.25) is 5.88 Å². The summed E-state index contributed by atoms with van der Waals surface area (Å²) in [5.41, 5.74) is 0.967. The number of nitrogens with one attached hydrogen (secondary N) is 2. The Kier molecular flexibility index (Phi) is 14.5. The number of nitrogens with zero attached hydrogens (tertiary/aromatic N) is 3. The van der Waals surface area contributed by atoms with Crippen molar-refractivity contribution in [2.45, 2.75) is 19.9 Å². The molecule has 0 aromatic carbocycles. The zero-order chi connectivity index (χ0) is 17.6. The molecule has 2 N–H and O–H groups in total. The highest BCUT2D eigenvalue weighted by atomic mass is 127. The molecule has 0 spiro atoms.